The summed E-state index contributed by atoms with van der Waals surface area (Å²) in [6.07, 6.45) is 4.25. The number of carbonyl (C=O) groups excluding carboxylic acids is 2. The number of rotatable bonds is 3. The van der Waals surface area contributed by atoms with Gasteiger partial charge in [0.05, 0.1) is 5.92 Å². The Hall–Kier alpha value is -2.17. The number of hydrogen-bond donors (Lipinski definition) is 1. The first-order valence-corrected chi connectivity index (χ1v) is 7.01. The Labute approximate surface area is 123 Å². The van der Waals surface area contributed by atoms with Crippen molar-refractivity contribution < 1.29 is 14.0 Å². The predicted molar refractivity (Wildman–Crippen MR) is 78.5 cm³/mol. The Morgan fingerprint density at radius 3 is 2.71 bits per heavy atom. The number of halogens is 1. The van der Waals surface area contributed by atoms with Crippen LogP contribution in [-0.4, -0.2) is 29.3 Å². The standard InChI is InChI=1S/C16H19FN2O2/c1-11-6-7-13(16(18)21)10-19(11)15(20)9-8-12-4-2-3-5-14(12)17/h2-5,8-9,11,13H,6-7,10H2,1H3,(H2,18,21)/b9-8-/t11-,13-/m1/s1. The molecule has 1 heterocycles. The highest BCUT2D eigenvalue weighted by atomic mass is 19.1. The minimum Gasteiger partial charge on any atom is -0.369 e. The molecule has 2 rings (SSSR count). The predicted octanol–water partition coefficient (Wildman–Crippen LogP) is 1.95. The molecule has 112 valence electrons. The Bertz CT molecular complexity index is 571. The van der Waals surface area contributed by atoms with Gasteiger partial charge in [-0.2, -0.15) is 0 Å². The number of primary amides is 1. The number of hydrogen-bond acceptors (Lipinski definition) is 2. The lowest BCUT2D eigenvalue weighted by Gasteiger charge is -2.36. The van der Waals surface area contributed by atoms with Gasteiger partial charge in [-0.1, -0.05) is 18.2 Å². The summed E-state index contributed by atoms with van der Waals surface area (Å²) < 4.78 is 13.5. The maximum absolute atomic E-state index is 13.5. The largest absolute Gasteiger partial charge is 0.369 e. The summed E-state index contributed by atoms with van der Waals surface area (Å²) in [5, 5.41) is 0. The lowest BCUT2D eigenvalue weighted by atomic mass is 9.93. The second-order valence-corrected chi connectivity index (χ2v) is 5.37. The van der Waals surface area contributed by atoms with E-state index in [1.165, 1.54) is 18.2 Å². The molecule has 1 aromatic carbocycles. The number of carbonyl (C=O) groups is 2. The van der Waals surface area contributed by atoms with Gasteiger partial charge >= 0.3 is 0 Å². The Kier molecular flexibility index (Phi) is 4.73. The van der Waals surface area contributed by atoms with E-state index in [0.717, 1.165) is 6.42 Å². The number of likely N-dealkylation sites (tertiary alicyclic amines) is 1. The number of benzene rings is 1. The topological polar surface area (TPSA) is 63.4 Å². The Morgan fingerprint density at radius 2 is 2.05 bits per heavy atom. The van der Waals surface area contributed by atoms with Crippen LogP contribution in [0.3, 0.4) is 0 Å². The highest BCUT2D eigenvalue weighted by molar-refractivity contribution is 5.92. The van der Waals surface area contributed by atoms with Crippen LogP contribution >= 0.6 is 0 Å². The first-order chi connectivity index (χ1) is 9.99. The van der Waals surface area contributed by atoms with E-state index in [2.05, 4.69) is 0 Å². The van der Waals surface area contributed by atoms with E-state index in [1.54, 1.807) is 23.1 Å². The lowest BCUT2D eigenvalue weighted by Crippen LogP contribution is -2.48. The molecule has 5 heteroatoms. The molecule has 0 aromatic heterocycles. The Balaban J connectivity index is 2.08. The summed E-state index contributed by atoms with van der Waals surface area (Å²) in [7, 11) is 0. The van der Waals surface area contributed by atoms with Gasteiger partial charge in [0.15, 0.2) is 0 Å². The molecule has 1 saturated heterocycles. The lowest BCUT2D eigenvalue weighted by molar-refractivity contribution is -0.133. The van der Waals surface area contributed by atoms with E-state index < -0.39 is 0 Å². The van der Waals surface area contributed by atoms with Gasteiger partial charge in [-0.05, 0) is 31.9 Å². The molecule has 0 spiro atoms. The van der Waals surface area contributed by atoms with Crippen LogP contribution in [0.4, 0.5) is 4.39 Å². The van der Waals surface area contributed by atoms with Crippen LogP contribution < -0.4 is 5.73 Å². The molecule has 1 aliphatic rings. The average Bonchev–Trinajstić information content (AvgIpc) is 2.46. The van der Waals surface area contributed by atoms with E-state index in [4.69, 9.17) is 5.73 Å². The second-order valence-electron chi connectivity index (χ2n) is 5.37. The van der Waals surface area contributed by atoms with Crippen molar-refractivity contribution in [3.8, 4) is 0 Å². The van der Waals surface area contributed by atoms with Crippen molar-refractivity contribution in [3.05, 3.63) is 41.7 Å². The molecule has 0 unspecified atom stereocenters. The summed E-state index contributed by atoms with van der Waals surface area (Å²) >= 11 is 0. The number of nitrogens with two attached hydrogens (primary N) is 1. The minimum atomic E-state index is -0.377. The third-order valence-corrected chi connectivity index (χ3v) is 3.88. The van der Waals surface area contributed by atoms with Gasteiger partial charge in [-0.25, -0.2) is 4.39 Å². The summed E-state index contributed by atoms with van der Waals surface area (Å²) in [5.41, 5.74) is 5.68. The average molecular weight is 290 g/mol. The molecular weight excluding hydrogens is 271 g/mol. The first-order valence-electron chi connectivity index (χ1n) is 7.01. The van der Waals surface area contributed by atoms with Crippen molar-refractivity contribution in [1.82, 2.24) is 4.90 Å². The highest BCUT2D eigenvalue weighted by Gasteiger charge is 2.30. The van der Waals surface area contributed by atoms with Crippen LogP contribution in [-0.2, 0) is 9.59 Å². The van der Waals surface area contributed by atoms with Gasteiger partial charge in [-0.15, -0.1) is 0 Å². The molecule has 1 aliphatic heterocycles. The van der Waals surface area contributed by atoms with Crippen LogP contribution in [0.2, 0.25) is 0 Å². The van der Waals surface area contributed by atoms with E-state index in [9.17, 15) is 14.0 Å². The smallest absolute Gasteiger partial charge is 0.246 e. The van der Waals surface area contributed by atoms with Crippen molar-refractivity contribution in [3.63, 3.8) is 0 Å². The van der Waals surface area contributed by atoms with Gasteiger partial charge in [0.25, 0.3) is 0 Å². The molecule has 0 bridgehead atoms. The molecular formula is C16H19FN2O2. The van der Waals surface area contributed by atoms with Crippen LogP contribution in [0.25, 0.3) is 6.08 Å². The zero-order valence-corrected chi connectivity index (χ0v) is 12.0. The van der Waals surface area contributed by atoms with Crippen molar-refractivity contribution in [1.29, 1.82) is 0 Å². The van der Waals surface area contributed by atoms with Crippen molar-refractivity contribution in [2.75, 3.05) is 6.54 Å². The molecule has 1 fully saturated rings. The van der Waals surface area contributed by atoms with Gasteiger partial charge < -0.3 is 10.6 Å². The molecule has 2 N–H and O–H groups in total. The van der Waals surface area contributed by atoms with Crippen LogP contribution in [0.15, 0.2) is 30.3 Å². The van der Waals surface area contributed by atoms with Gasteiger partial charge in [0.2, 0.25) is 11.8 Å². The monoisotopic (exact) mass is 290 g/mol. The maximum atomic E-state index is 13.5. The van der Waals surface area contributed by atoms with Crippen LogP contribution in [0.5, 0.6) is 0 Å². The maximum Gasteiger partial charge on any atom is 0.246 e. The number of nitrogens with zero attached hydrogens (tertiary/aromatic N) is 1. The van der Waals surface area contributed by atoms with Crippen molar-refractivity contribution in [2.24, 2.45) is 11.7 Å². The second kappa shape index (κ2) is 6.52. The third-order valence-electron chi connectivity index (χ3n) is 3.88. The fourth-order valence-electron chi connectivity index (χ4n) is 2.51. The van der Waals surface area contributed by atoms with Crippen LogP contribution in [0.1, 0.15) is 25.3 Å². The molecule has 0 radical (unpaired) electrons. The fraction of sp³-hybridized carbons (Fsp3) is 0.375. The number of amides is 2. The van der Waals surface area contributed by atoms with Crippen molar-refractivity contribution >= 4 is 17.9 Å². The molecule has 2 amide bonds. The normalized spacial score (nSPS) is 22.5. The zero-order chi connectivity index (χ0) is 15.4. The van der Waals surface area contributed by atoms with Crippen LogP contribution in [0, 0.1) is 11.7 Å². The van der Waals surface area contributed by atoms with Gasteiger partial charge in [-0.3, -0.25) is 9.59 Å². The molecule has 2 atom stereocenters. The van der Waals surface area contributed by atoms with E-state index >= 15 is 0 Å². The van der Waals surface area contributed by atoms with Crippen molar-refractivity contribution in [2.45, 2.75) is 25.8 Å². The first kappa shape index (κ1) is 15.2. The fourth-order valence-corrected chi connectivity index (χ4v) is 2.51. The Morgan fingerprint density at radius 1 is 1.33 bits per heavy atom. The molecule has 4 nitrogen and oxygen atoms in total. The molecule has 21 heavy (non-hydrogen) atoms. The minimum absolute atomic E-state index is 0.0540. The molecule has 0 saturated carbocycles. The number of piperidine rings is 1. The van der Waals surface area contributed by atoms with E-state index in [1.807, 2.05) is 6.92 Å². The summed E-state index contributed by atoms with van der Waals surface area (Å²) in [4.78, 5) is 25.1. The third kappa shape index (κ3) is 3.68. The van der Waals surface area contributed by atoms with E-state index in [-0.39, 0.29) is 29.6 Å². The quantitative estimate of drug-likeness (QED) is 0.865. The summed E-state index contributed by atoms with van der Waals surface area (Å²) in [5.74, 6) is -1.27. The highest BCUT2D eigenvalue weighted by Crippen LogP contribution is 2.22. The zero-order valence-electron chi connectivity index (χ0n) is 12.0. The molecule has 0 aliphatic carbocycles. The SMILES string of the molecule is C[C@@H]1CC[C@@H](C(N)=O)CN1C(=O)/C=C\c1ccccc1F. The van der Waals surface area contributed by atoms with Gasteiger partial charge in [0.1, 0.15) is 5.82 Å². The molecule has 1 aromatic rings. The summed E-state index contributed by atoms with van der Waals surface area (Å²) in [6, 6.07) is 6.30. The van der Waals surface area contributed by atoms with E-state index in [0.29, 0.717) is 18.5 Å². The van der Waals surface area contributed by atoms with Gasteiger partial charge in [0, 0.05) is 24.2 Å². The summed E-state index contributed by atoms with van der Waals surface area (Å²) in [6.45, 7) is 2.27.